The molecule has 1 atom stereocenters. The molecule has 110 valence electrons. The highest BCUT2D eigenvalue weighted by Crippen LogP contribution is 2.35. The van der Waals surface area contributed by atoms with Crippen molar-refractivity contribution in [2.24, 2.45) is 0 Å². The molecule has 0 saturated carbocycles. The molecule has 0 radical (unpaired) electrons. The van der Waals surface area contributed by atoms with E-state index in [1.54, 1.807) is 7.05 Å². The zero-order valence-electron chi connectivity index (χ0n) is 12.0. The minimum absolute atomic E-state index is 0.0922. The molecule has 1 amide bonds. The van der Waals surface area contributed by atoms with Crippen LogP contribution in [0.3, 0.4) is 0 Å². The summed E-state index contributed by atoms with van der Waals surface area (Å²) < 4.78 is 5.65. The number of aromatic nitrogens is 1. The molecule has 2 aromatic rings. The molecule has 2 N–H and O–H groups in total. The summed E-state index contributed by atoms with van der Waals surface area (Å²) in [4.78, 5) is 16.9. The van der Waals surface area contributed by atoms with E-state index in [0.29, 0.717) is 11.5 Å². The summed E-state index contributed by atoms with van der Waals surface area (Å²) in [7, 11) is 1.63. The molecule has 2 heterocycles. The number of carbonyl (C=O) groups excluding carboxylic acids is 1. The SMILES string of the molecule is CNC(=O)c1sc(N[C@H]2CCOc3ccccc32)nc1C. The second-order valence-electron chi connectivity index (χ2n) is 4.88. The molecule has 1 aromatic heterocycles. The van der Waals surface area contributed by atoms with Crippen LogP contribution in [0, 0.1) is 6.92 Å². The van der Waals surface area contributed by atoms with Gasteiger partial charge in [-0.25, -0.2) is 4.98 Å². The zero-order valence-corrected chi connectivity index (χ0v) is 12.8. The average molecular weight is 303 g/mol. The number of amides is 1. The first-order chi connectivity index (χ1) is 10.2. The van der Waals surface area contributed by atoms with Crippen molar-refractivity contribution in [3.8, 4) is 5.75 Å². The van der Waals surface area contributed by atoms with Crippen LogP contribution >= 0.6 is 11.3 Å². The number of rotatable bonds is 3. The van der Waals surface area contributed by atoms with Crippen LogP contribution in [0.1, 0.15) is 33.4 Å². The van der Waals surface area contributed by atoms with Gasteiger partial charge in [-0.05, 0) is 13.0 Å². The predicted octanol–water partition coefficient (Wildman–Crippen LogP) is 2.75. The molecule has 1 aromatic carbocycles. The Kier molecular flexibility index (Phi) is 3.79. The fourth-order valence-corrected chi connectivity index (χ4v) is 3.39. The smallest absolute Gasteiger partial charge is 0.263 e. The monoisotopic (exact) mass is 303 g/mol. The lowest BCUT2D eigenvalue weighted by Gasteiger charge is -2.26. The van der Waals surface area contributed by atoms with Crippen molar-refractivity contribution >= 4 is 22.4 Å². The fourth-order valence-electron chi connectivity index (χ4n) is 2.42. The van der Waals surface area contributed by atoms with Gasteiger partial charge in [0.1, 0.15) is 10.6 Å². The number of aryl methyl sites for hydroxylation is 1. The lowest BCUT2D eigenvalue weighted by atomic mass is 10.0. The van der Waals surface area contributed by atoms with Crippen molar-refractivity contribution in [1.82, 2.24) is 10.3 Å². The number of para-hydroxylation sites is 1. The number of hydrogen-bond donors (Lipinski definition) is 2. The fraction of sp³-hybridized carbons (Fsp3) is 0.333. The van der Waals surface area contributed by atoms with E-state index in [1.807, 2.05) is 25.1 Å². The maximum atomic E-state index is 11.7. The standard InChI is InChI=1S/C15H17N3O2S/c1-9-13(14(19)16-2)21-15(17-9)18-11-7-8-20-12-6-4-3-5-10(11)12/h3-6,11H,7-8H2,1-2H3,(H,16,19)(H,17,18)/t11-/m0/s1. The van der Waals surface area contributed by atoms with E-state index < -0.39 is 0 Å². The van der Waals surface area contributed by atoms with Gasteiger partial charge >= 0.3 is 0 Å². The Morgan fingerprint density at radius 3 is 3.05 bits per heavy atom. The topological polar surface area (TPSA) is 63.2 Å². The zero-order chi connectivity index (χ0) is 14.8. The molecule has 0 unspecified atom stereocenters. The normalized spacial score (nSPS) is 16.8. The Hall–Kier alpha value is -2.08. The van der Waals surface area contributed by atoms with Crippen LogP contribution < -0.4 is 15.4 Å². The van der Waals surface area contributed by atoms with Crippen LogP contribution in [-0.2, 0) is 0 Å². The van der Waals surface area contributed by atoms with Gasteiger partial charge in [0.15, 0.2) is 5.13 Å². The maximum absolute atomic E-state index is 11.7. The van der Waals surface area contributed by atoms with Crippen LogP contribution in [-0.4, -0.2) is 24.5 Å². The van der Waals surface area contributed by atoms with Crippen molar-refractivity contribution in [2.45, 2.75) is 19.4 Å². The van der Waals surface area contributed by atoms with Gasteiger partial charge in [0.05, 0.1) is 18.3 Å². The van der Waals surface area contributed by atoms with E-state index in [0.717, 1.165) is 28.6 Å². The van der Waals surface area contributed by atoms with E-state index in [1.165, 1.54) is 11.3 Å². The number of thiazole rings is 1. The van der Waals surface area contributed by atoms with Gasteiger partial charge in [-0.1, -0.05) is 29.5 Å². The molecule has 6 heteroatoms. The predicted molar refractivity (Wildman–Crippen MR) is 83.2 cm³/mol. The Morgan fingerprint density at radius 1 is 1.43 bits per heavy atom. The lowest BCUT2D eigenvalue weighted by molar-refractivity contribution is 0.0966. The third-order valence-corrected chi connectivity index (χ3v) is 4.57. The van der Waals surface area contributed by atoms with Crippen molar-refractivity contribution in [2.75, 3.05) is 19.0 Å². The molecule has 0 aliphatic carbocycles. The van der Waals surface area contributed by atoms with Gasteiger partial charge in [-0.3, -0.25) is 4.79 Å². The van der Waals surface area contributed by atoms with Gasteiger partial charge < -0.3 is 15.4 Å². The summed E-state index contributed by atoms with van der Waals surface area (Å²) in [6.45, 7) is 2.53. The summed E-state index contributed by atoms with van der Waals surface area (Å²) in [5.41, 5.74) is 1.89. The van der Waals surface area contributed by atoms with E-state index in [4.69, 9.17) is 4.74 Å². The highest BCUT2D eigenvalue weighted by atomic mass is 32.1. The van der Waals surface area contributed by atoms with E-state index >= 15 is 0 Å². The third-order valence-electron chi connectivity index (χ3n) is 3.49. The number of benzene rings is 1. The van der Waals surface area contributed by atoms with Crippen LogP contribution in [0.25, 0.3) is 0 Å². The molecule has 0 saturated heterocycles. The van der Waals surface area contributed by atoms with E-state index in [9.17, 15) is 4.79 Å². The van der Waals surface area contributed by atoms with Crippen LogP contribution in [0.5, 0.6) is 5.75 Å². The van der Waals surface area contributed by atoms with E-state index in [-0.39, 0.29) is 11.9 Å². The highest BCUT2D eigenvalue weighted by Gasteiger charge is 2.23. The van der Waals surface area contributed by atoms with Gasteiger partial charge in [0, 0.05) is 19.0 Å². The summed E-state index contributed by atoms with van der Waals surface area (Å²) in [5, 5.41) is 6.83. The molecule has 21 heavy (non-hydrogen) atoms. The Morgan fingerprint density at radius 2 is 2.24 bits per heavy atom. The summed E-state index contributed by atoms with van der Waals surface area (Å²) >= 11 is 1.39. The Bertz CT molecular complexity index is 669. The molecular formula is C15H17N3O2S. The summed E-state index contributed by atoms with van der Waals surface area (Å²) in [5.74, 6) is 0.825. The maximum Gasteiger partial charge on any atom is 0.263 e. The molecule has 1 aliphatic rings. The number of fused-ring (bicyclic) bond motifs is 1. The summed E-state index contributed by atoms with van der Waals surface area (Å²) in [6.07, 6.45) is 0.880. The molecular weight excluding hydrogens is 286 g/mol. The van der Waals surface area contributed by atoms with Crippen molar-refractivity contribution in [3.05, 3.63) is 40.4 Å². The molecule has 0 fully saturated rings. The summed E-state index contributed by atoms with van der Waals surface area (Å²) in [6, 6.07) is 8.18. The van der Waals surface area contributed by atoms with Gasteiger partial charge in [-0.15, -0.1) is 0 Å². The molecule has 5 nitrogen and oxygen atoms in total. The van der Waals surface area contributed by atoms with Gasteiger partial charge in [0.2, 0.25) is 0 Å². The van der Waals surface area contributed by atoms with Crippen LogP contribution in [0.4, 0.5) is 5.13 Å². The largest absolute Gasteiger partial charge is 0.493 e. The number of nitrogens with one attached hydrogen (secondary N) is 2. The van der Waals surface area contributed by atoms with Gasteiger partial charge in [-0.2, -0.15) is 0 Å². The number of ether oxygens (including phenoxy) is 1. The van der Waals surface area contributed by atoms with E-state index in [2.05, 4.69) is 21.7 Å². The Balaban J connectivity index is 1.84. The first kappa shape index (κ1) is 13.9. The number of hydrogen-bond acceptors (Lipinski definition) is 5. The third kappa shape index (κ3) is 2.71. The second-order valence-corrected chi connectivity index (χ2v) is 5.88. The van der Waals surface area contributed by atoms with Crippen molar-refractivity contribution in [1.29, 1.82) is 0 Å². The van der Waals surface area contributed by atoms with Crippen molar-refractivity contribution in [3.63, 3.8) is 0 Å². The van der Waals surface area contributed by atoms with Crippen LogP contribution in [0.15, 0.2) is 24.3 Å². The minimum Gasteiger partial charge on any atom is -0.493 e. The molecule has 0 spiro atoms. The highest BCUT2D eigenvalue weighted by molar-refractivity contribution is 7.17. The Labute approximate surface area is 127 Å². The molecule has 1 aliphatic heterocycles. The number of nitrogens with zero attached hydrogens (tertiary/aromatic N) is 1. The first-order valence-corrected chi connectivity index (χ1v) is 7.68. The molecule has 3 rings (SSSR count). The average Bonchev–Trinajstić information content (AvgIpc) is 2.87. The number of anilines is 1. The van der Waals surface area contributed by atoms with Crippen LogP contribution in [0.2, 0.25) is 0 Å². The molecule has 0 bridgehead atoms. The number of carbonyl (C=O) groups is 1. The lowest BCUT2D eigenvalue weighted by Crippen LogP contribution is -2.20. The first-order valence-electron chi connectivity index (χ1n) is 6.87. The second kappa shape index (κ2) is 5.73. The van der Waals surface area contributed by atoms with Gasteiger partial charge in [0.25, 0.3) is 5.91 Å². The minimum atomic E-state index is -0.0922. The van der Waals surface area contributed by atoms with Crippen molar-refractivity contribution < 1.29 is 9.53 Å². The quantitative estimate of drug-likeness (QED) is 0.915.